The molecular formula is C22H25FN6. The van der Waals surface area contributed by atoms with Crippen LogP contribution in [0.15, 0.2) is 54.7 Å². The van der Waals surface area contributed by atoms with Crippen LogP contribution in [-0.2, 0) is 6.42 Å². The quantitative estimate of drug-likeness (QED) is 0.695. The summed E-state index contributed by atoms with van der Waals surface area (Å²) in [6.07, 6.45) is 2.41. The molecule has 1 aromatic carbocycles. The van der Waals surface area contributed by atoms with Crippen LogP contribution in [0, 0.1) is 12.7 Å². The summed E-state index contributed by atoms with van der Waals surface area (Å²) in [5.74, 6) is 2.35. The Labute approximate surface area is 170 Å². The third-order valence-corrected chi connectivity index (χ3v) is 5.05. The molecule has 1 aliphatic heterocycles. The van der Waals surface area contributed by atoms with Gasteiger partial charge >= 0.3 is 0 Å². The molecule has 3 heterocycles. The smallest absolute Gasteiger partial charge is 0.224 e. The van der Waals surface area contributed by atoms with Gasteiger partial charge in [0.25, 0.3) is 0 Å². The van der Waals surface area contributed by atoms with Gasteiger partial charge in [-0.15, -0.1) is 0 Å². The Morgan fingerprint density at radius 2 is 1.66 bits per heavy atom. The van der Waals surface area contributed by atoms with E-state index in [4.69, 9.17) is 0 Å². The van der Waals surface area contributed by atoms with Crippen LogP contribution in [0.1, 0.15) is 11.3 Å². The second-order valence-electron chi connectivity index (χ2n) is 7.12. The van der Waals surface area contributed by atoms with Crippen LogP contribution in [0.4, 0.5) is 22.0 Å². The lowest BCUT2D eigenvalue weighted by Gasteiger charge is -2.36. The number of rotatable bonds is 6. The van der Waals surface area contributed by atoms with Crippen molar-refractivity contribution in [3.05, 3.63) is 71.8 Å². The number of aromatic nitrogens is 3. The van der Waals surface area contributed by atoms with Crippen LogP contribution in [-0.4, -0.2) is 47.7 Å². The van der Waals surface area contributed by atoms with E-state index in [1.54, 1.807) is 12.1 Å². The van der Waals surface area contributed by atoms with Crippen LogP contribution in [0.3, 0.4) is 0 Å². The maximum atomic E-state index is 13.8. The summed E-state index contributed by atoms with van der Waals surface area (Å²) in [7, 11) is 0. The van der Waals surface area contributed by atoms with Gasteiger partial charge in [-0.3, -0.25) is 0 Å². The molecule has 0 unspecified atom stereocenters. The van der Waals surface area contributed by atoms with E-state index >= 15 is 0 Å². The third-order valence-electron chi connectivity index (χ3n) is 5.05. The van der Waals surface area contributed by atoms with Gasteiger partial charge in [0.2, 0.25) is 5.95 Å². The van der Waals surface area contributed by atoms with Crippen LogP contribution in [0.5, 0.6) is 0 Å². The van der Waals surface area contributed by atoms with Gasteiger partial charge in [-0.05, 0) is 37.1 Å². The molecule has 7 heteroatoms. The zero-order valence-electron chi connectivity index (χ0n) is 16.6. The number of piperazine rings is 1. The Kier molecular flexibility index (Phi) is 5.84. The lowest BCUT2D eigenvalue weighted by molar-refractivity contribution is 0.610. The van der Waals surface area contributed by atoms with E-state index in [0.717, 1.165) is 43.5 Å². The summed E-state index contributed by atoms with van der Waals surface area (Å²) in [5.41, 5.74) is 1.61. The second kappa shape index (κ2) is 8.86. The summed E-state index contributed by atoms with van der Waals surface area (Å²) in [6.45, 7) is 6.10. The van der Waals surface area contributed by atoms with E-state index in [2.05, 4.69) is 30.1 Å². The molecule has 29 heavy (non-hydrogen) atoms. The zero-order chi connectivity index (χ0) is 20.1. The summed E-state index contributed by atoms with van der Waals surface area (Å²) >= 11 is 0. The number of nitrogens with zero attached hydrogens (tertiary/aromatic N) is 5. The largest absolute Gasteiger partial charge is 0.354 e. The van der Waals surface area contributed by atoms with Gasteiger partial charge in [0.05, 0.1) is 0 Å². The highest BCUT2D eigenvalue weighted by Gasteiger charge is 2.19. The molecular weight excluding hydrogens is 367 g/mol. The number of nitrogens with one attached hydrogen (secondary N) is 1. The average Bonchev–Trinajstić information content (AvgIpc) is 2.75. The van der Waals surface area contributed by atoms with Gasteiger partial charge in [0, 0.05) is 50.7 Å². The van der Waals surface area contributed by atoms with Crippen LogP contribution >= 0.6 is 0 Å². The predicted molar refractivity (Wildman–Crippen MR) is 114 cm³/mol. The van der Waals surface area contributed by atoms with Crippen molar-refractivity contribution in [2.24, 2.45) is 0 Å². The number of hydrogen-bond acceptors (Lipinski definition) is 6. The molecule has 3 aromatic rings. The number of halogens is 1. The maximum absolute atomic E-state index is 13.8. The van der Waals surface area contributed by atoms with Crippen molar-refractivity contribution in [1.82, 2.24) is 15.0 Å². The number of pyridine rings is 1. The first kappa shape index (κ1) is 19.1. The zero-order valence-corrected chi connectivity index (χ0v) is 16.6. The molecule has 0 saturated carbocycles. The van der Waals surface area contributed by atoms with Crippen molar-refractivity contribution >= 4 is 17.6 Å². The Balaban J connectivity index is 1.36. The van der Waals surface area contributed by atoms with Crippen LogP contribution in [0.2, 0.25) is 0 Å². The first-order chi connectivity index (χ1) is 14.2. The lowest BCUT2D eigenvalue weighted by atomic mass is 10.1. The molecule has 0 amide bonds. The van der Waals surface area contributed by atoms with E-state index in [1.807, 2.05) is 43.5 Å². The average molecular weight is 392 g/mol. The highest BCUT2D eigenvalue weighted by atomic mass is 19.1. The topological polar surface area (TPSA) is 57.2 Å². The van der Waals surface area contributed by atoms with Gasteiger partial charge in [-0.2, -0.15) is 4.98 Å². The van der Waals surface area contributed by atoms with Gasteiger partial charge < -0.3 is 15.1 Å². The minimum absolute atomic E-state index is 0.175. The number of aryl methyl sites for hydroxylation is 1. The number of hydrogen-bond donors (Lipinski definition) is 1. The van der Waals surface area contributed by atoms with Crippen molar-refractivity contribution < 1.29 is 4.39 Å². The van der Waals surface area contributed by atoms with E-state index < -0.39 is 0 Å². The molecule has 1 N–H and O–H groups in total. The van der Waals surface area contributed by atoms with Crippen LogP contribution in [0.25, 0.3) is 0 Å². The Morgan fingerprint density at radius 1 is 0.931 bits per heavy atom. The highest BCUT2D eigenvalue weighted by Crippen LogP contribution is 2.19. The van der Waals surface area contributed by atoms with Gasteiger partial charge in [0.1, 0.15) is 17.5 Å². The molecule has 0 radical (unpaired) electrons. The maximum Gasteiger partial charge on any atom is 0.224 e. The van der Waals surface area contributed by atoms with Gasteiger partial charge in [-0.25, -0.2) is 14.4 Å². The normalized spacial score (nSPS) is 14.1. The molecule has 0 spiro atoms. The SMILES string of the molecule is Cc1cc(N2CCN(c3ccccn3)CC2)nc(NCCc2ccccc2F)n1. The first-order valence-electron chi connectivity index (χ1n) is 9.93. The Bertz CT molecular complexity index is 941. The fourth-order valence-electron chi connectivity index (χ4n) is 3.51. The van der Waals surface area contributed by atoms with Gasteiger partial charge in [-0.1, -0.05) is 24.3 Å². The molecule has 0 bridgehead atoms. The highest BCUT2D eigenvalue weighted by molar-refractivity contribution is 5.48. The standard InChI is InChI=1S/C22H25FN6/c1-17-16-21(29-14-12-28(13-15-29)20-8-4-5-10-24-20)27-22(26-17)25-11-9-18-6-2-3-7-19(18)23/h2-8,10,16H,9,11-15H2,1H3,(H,25,26,27). The molecule has 0 atom stereocenters. The van der Waals surface area contributed by atoms with Crippen LogP contribution < -0.4 is 15.1 Å². The molecule has 1 saturated heterocycles. The summed E-state index contributed by atoms with van der Waals surface area (Å²) < 4.78 is 13.8. The van der Waals surface area contributed by atoms with E-state index in [0.29, 0.717) is 24.5 Å². The molecule has 6 nitrogen and oxygen atoms in total. The third kappa shape index (κ3) is 4.80. The van der Waals surface area contributed by atoms with Crippen molar-refractivity contribution in [1.29, 1.82) is 0 Å². The summed E-state index contributed by atoms with van der Waals surface area (Å²) in [6, 6.07) is 14.9. The molecule has 1 fully saturated rings. The second-order valence-corrected chi connectivity index (χ2v) is 7.12. The van der Waals surface area contributed by atoms with Crippen molar-refractivity contribution in [2.75, 3.05) is 47.8 Å². The molecule has 2 aromatic heterocycles. The first-order valence-corrected chi connectivity index (χ1v) is 9.93. The minimum Gasteiger partial charge on any atom is -0.354 e. The summed E-state index contributed by atoms with van der Waals surface area (Å²) in [5, 5.41) is 3.24. The van der Waals surface area contributed by atoms with E-state index in [1.165, 1.54) is 6.07 Å². The fourth-order valence-corrected chi connectivity index (χ4v) is 3.51. The molecule has 150 valence electrons. The van der Waals surface area contributed by atoms with Crippen molar-refractivity contribution in [2.45, 2.75) is 13.3 Å². The molecule has 0 aliphatic carbocycles. The fraction of sp³-hybridized carbons (Fsp3) is 0.318. The monoisotopic (exact) mass is 392 g/mol. The summed E-state index contributed by atoms with van der Waals surface area (Å²) in [4.78, 5) is 18.2. The molecule has 1 aliphatic rings. The Morgan fingerprint density at radius 3 is 2.38 bits per heavy atom. The molecule has 4 rings (SSSR count). The van der Waals surface area contributed by atoms with E-state index in [-0.39, 0.29) is 5.82 Å². The lowest BCUT2D eigenvalue weighted by Crippen LogP contribution is -2.47. The minimum atomic E-state index is -0.175. The number of benzene rings is 1. The van der Waals surface area contributed by atoms with Crippen molar-refractivity contribution in [3.63, 3.8) is 0 Å². The number of anilines is 3. The van der Waals surface area contributed by atoms with Gasteiger partial charge in [0.15, 0.2) is 0 Å². The predicted octanol–water partition coefficient (Wildman–Crippen LogP) is 3.30. The van der Waals surface area contributed by atoms with E-state index in [9.17, 15) is 4.39 Å². The Hall–Kier alpha value is -3.22. The van der Waals surface area contributed by atoms with Crippen molar-refractivity contribution in [3.8, 4) is 0 Å².